The number of aryl methyl sites for hydroxylation is 1. The number of anilines is 1. The normalized spacial score (nSPS) is 10.8. The Morgan fingerprint density at radius 2 is 1.96 bits per heavy atom. The number of aliphatic imine (C=N–C) groups is 1. The molecule has 0 amide bonds. The molecule has 0 atom stereocenters. The van der Waals surface area contributed by atoms with E-state index >= 15 is 0 Å². The van der Waals surface area contributed by atoms with Crippen LogP contribution in [0.3, 0.4) is 0 Å². The monoisotopic (exact) mass is 483 g/mol. The molecule has 7 heteroatoms. The second-order valence-electron chi connectivity index (χ2n) is 6.30. The SMILES string of the molecule is CN=C(NCCc1cc(C)ccc1OC)NCc1cccc(N(C)C)n1.I. The van der Waals surface area contributed by atoms with Crippen LogP contribution in [0.4, 0.5) is 5.82 Å². The number of guanidine groups is 1. The Bertz CT molecular complexity index is 749. The van der Waals surface area contributed by atoms with Gasteiger partial charge < -0.3 is 20.3 Å². The minimum absolute atomic E-state index is 0. The van der Waals surface area contributed by atoms with Crippen molar-refractivity contribution in [3.05, 3.63) is 53.2 Å². The fourth-order valence-electron chi connectivity index (χ4n) is 2.63. The number of hydrogen-bond donors (Lipinski definition) is 2. The molecule has 1 aromatic heterocycles. The topological polar surface area (TPSA) is 61.8 Å². The Morgan fingerprint density at radius 3 is 2.63 bits per heavy atom. The third kappa shape index (κ3) is 7.24. The molecule has 27 heavy (non-hydrogen) atoms. The molecule has 0 spiro atoms. The summed E-state index contributed by atoms with van der Waals surface area (Å²) in [6, 6.07) is 12.2. The van der Waals surface area contributed by atoms with Crippen LogP contribution in [0.1, 0.15) is 16.8 Å². The van der Waals surface area contributed by atoms with Crippen LogP contribution in [0.15, 0.2) is 41.4 Å². The first kappa shape index (κ1) is 23.0. The Kier molecular flexibility index (Phi) is 9.92. The van der Waals surface area contributed by atoms with E-state index in [1.165, 1.54) is 11.1 Å². The molecule has 1 heterocycles. The quantitative estimate of drug-likeness (QED) is 0.360. The van der Waals surface area contributed by atoms with Gasteiger partial charge in [-0.25, -0.2) is 4.98 Å². The number of halogens is 1. The van der Waals surface area contributed by atoms with Crippen molar-refractivity contribution in [3.63, 3.8) is 0 Å². The molecule has 0 radical (unpaired) electrons. The number of aromatic nitrogens is 1. The standard InChI is InChI=1S/C20H29N5O.HI/c1-15-9-10-18(26-5)16(13-15)11-12-22-20(21-2)23-14-17-7-6-8-19(24-17)25(3)4;/h6-10,13H,11-12,14H2,1-5H3,(H2,21,22,23);1H. The van der Waals surface area contributed by atoms with Crippen molar-refractivity contribution in [3.8, 4) is 5.75 Å². The maximum absolute atomic E-state index is 5.43. The average molecular weight is 483 g/mol. The van der Waals surface area contributed by atoms with E-state index in [-0.39, 0.29) is 24.0 Å². The molecule has 0 bridgehead atoms. The summed E-state index contributed by atoms with van der Waals surface area (Å²) in [5, 5.41) is 6.65. The van der Waals surface area contributed by atoms with Crippen molar-refractivity contribution in [2.45, 2.75) is 19.9 Å². The number of ether oxygens (including phenoxy) is 1. The first-order chi connectivity index (χ1) is 12.5. The Balaban J connectivity index is 0.00000364. The third-order valence-electron chi connectivity index (χ3n) is 4.03. The van der Waals surface area contributed by atoms with E-state index in [2.05, 4.69) is 39.7 Å². The number of pyridine rings is 1. The molecule has 0 fully saturated rings. The molecular formula is C20H30IN5O. The number of rotatable bonds is 7. The van der Waals surface area contributed by atoms with E-state index in [1.54, 1.807) is 14.2 Å². The maximum Gasteiger partial charge on any atom is 0.191 e. The van der Waals surface area contributed by atoms with Crippen LogP contribution >= 0.6 is 24.0 Å². The summed E-state index contributed by atoms with van der Waals surface area (Å²) in [6.07, 6.45) is 0.861. The molecule has 6 nitrogen and oxygen atoms in total. The Hall–Kier alpha value is -2.03. The predicted octanol–water partition coefficient (Wildman–Crippen LogP) is 2.99. The number of benzene rings is 1. The Morgan fingerprint density at radius 1 is 1.19 bits per heavy atom. The largest absolute Gasteiger partial charge is 0.496 e. The van der Waals surface area contributed by atoms with Crippen LogP contribution in [0.5, 0.6) is 5.75 Å². The zero-order valence-corrected chi connectivity index (χ0v) is 19.1. The molecule has 2 N–H and O–H groups in total. The first-order valence-corrected chi connectivity index (χ1v) is 8.74. The summed E-state index contributed by atoms with van der Waals surface area (Å²) in [5.41, 5.74) is 3.39. The third-order valence-corrected chi connectivity index (χ3v) is 4.03. The summed E-state index contributed by atoms with van der Waals surface area (Å²) in [5.74, 6) is 2.62. The summed E-state index contributed by atoms with van der Waals surface area (Å²) in [7, 11) is 7.45. The van der Waals surface area contributed by atoms with E-state index < -0.39 is 0 Å². The van der Waals surface area contributed by atoms with Gasteiger partial charge in [0.2, 0.25) is 0 Å². The van der Waals surface area contributed by atoms with Crippen LogP contribution in [0.2, 0.25) is 0 Å². The van der Waals surface area contributed by atoms with Crippen LogP contribution < -0.4 is 20.3 Å². The van der Waals surface area contributed by atoms with Gasteiger partial charge in [-0.3, -0.25) is 4.99 Å². The highest BCUT2D eigenvalue weighted by Crippen LogP contribution is 2.19. The van der Waals surface area contributed by atoms with Gasteiger partial charge in [0.25, 0.3) is 0 Å². The highest BCUT2D eigenvalue weighted by atomic mass is 127. The summed E-state index contributed by atoms with van der Waals surface area (Å²) >= 11 is 0. The molecule has 1 aromatic carbocycles. The molecule has 0 saturated carbocycles. The van der Waals surface area contributed by atoms with Gasteiger partial charge in [-0.05, 0) is 37.1 Å². The highest BCUT2D eigenvalue weighted by molar-refractivity contribution is 14.0. The van der Waals surface area contributed by atoms with Gasteiger partial charge in [-0.1, -0.05) is 23.8 Å². The molecule has 2 rings (SSSR count). The van der Waals surface area contributed by atoms with Crippen molar-refractivity contribution < 1.29 is 4.74 Å². The number of methoxy groups -OCH3 is 1. The lowest BCUT2D eigenvalue weighted by Gasteiger charge is -2.15. The zero-order chi connectivity index (χ0) is 18.9. The lowest BCUT2D eigenvalue weighted by Crippen LogP contribution is -2.38. The van der Waals surface area contributed by atoms with Crippen LogP contribution in [-0.2, 0) is 13.0 Å². The average Bonchev–Trinajstić information content (AvgIpc) is 2.65. The molecular weight excluding hydrogens is 453 g/mol. The van der Waals surface area contributed by atoms with Gasteiger partial charge in [-0.15, -0.1) is 24.0 Å². The first-order valence-electron chi connectivity index (χ1n) is 8.74. The smallest absolute Gasteiger partial charge is 0.191 e. The number of nitrogens with one attached hydrogen (secondary N) is 2. The van der Waals surface area contributed by atoms with Crippen LogP contribution in [-0.4, -0.2) is 45.7 Å². The van der Waals surface area contributed by atoms with Gasteiger partial charge in [-0.2, -0.15) is 0 Å². The second kappa shape index (κ2) is 11.6. The summed E-state index contributed by atoms with van der Waals surface area (Å²) < 4.78 is 5.43. The molecule has 0 aliphatic carbocycles. The van der Waals surface area contributed by atoms with Crippen molar-refractivity contribution in [2.75, 3.05) is 39.7 Å². The number of nitrogens with zero attached hydrogens (tertiary/aromatic N) is 3. The molecule has 0 aliphatic rings. The fraction of sp³-hybridized carbons (Fsp3) is 0.400. The summed E-state index contributed by atoms with van der Waals surface area (Å²) in [6.45, 7) is 3.48. The lowest BCUT2D eigenvalue weighted by molar-refractivity contribution is 0.409. The minimum atomic E-state index is 0. The van der Waals surface area contributed by atoms with E-state index in [9.17, 15) is 0 Å². The highest BCUT2D eigenvalue weighted by Gasteiger charge is 2.05. The summed E-state index contributed by atoms with van der Waals surface area (Å²) in [4.78, 5) is 10.9. The predicted molar refractivity (Wildman–Crippen MR) is 124 cm³/mol. The van der Waals surface area contributed by atoms with Crippen LogP contribution in [0, 0.1) is 6.92 Å². The van der Waals surface area contributed by atoms with E-state index in [0.29, 0.717) is 6.54 Å². The van der Waals surface area contributed by atoms with Crippen LogP contribution in [0.25, 0.3) is 0 Å². The molecule has 148 valence electrons. The van der Waals surface area contributed by atoms with Gasteiger partial charge in [0, 0.05) is 27.7 Å². The molecule has 2 aromatic rings. The van der Waals surface area contributed by atoms with Crippen molar-refractivity contribution >= 4 is 35.8 Å². The fourth-order valence-corrected chi connectivity index (χ4v) is 2.63. The van der Waals surface area contributed by atoms with Gasteiger partial charge in [0.1, 0.15) is 11.6 Å². The van der Waals surface area contributed by atoms with Gasteiger partial charge in [0.15, 0.2) is 5.96 Å². The van der Waals surface area contributed by atoms with Crippen molar-refractivity contribution in [1.29, 1.82) is 0 Å². The van der Waals surface area contributed by atoms with Gasteiger partial charge >= 0.3 is 0 Å². The second-order valence-corrected chi connectivity index (χ2v) is 6.30. The van der Waals surface area contributed by atoms with E-state index in [0.717, 1.165) is 36.2 Å². The minimum Gasteiger partial charge on any atom is -0.496 e. The maximum atomic E-state index is 5.43. The molecule has 0 aliphatic heterocycles. The van der Waals surface area contributed by atoms with Gasteiger partial charge in [0.05, 0.1) is 19.3 Å². The van der Waals surface area contributed by atoms with Crippen molar-refractivity contribution in [1.82, 2.24) is 15.6 Å². The van der Waals surface area contributed by atoms with E-state index in [4.69, 9.17) is 4.74 Å². The van der Waals surface area contributed by atoms with Crippen molar-refractivity contribution in [2.24, 2.45) is 4.99 Å². The molecule has 0 unspecified atom stereocenters. The Labute approximate surface area is 179 Å². The van der Waals surface area contributed by atoms with E-state index in [1.807, 2.05) is 43.3 Å². The lowest BCUT2D eigenvalue weighted by atomic mass is 10.1. The number of hydrogen-bond acceptors (Lipinski definition) is 4. The zero-order valence-electron chi connectivity index (χ0n) is 16.7. The molecule has 0 saturated heterocycles.